The van der Waals surface area contributed by atoms with E-state index in [4.69, 9.17) is 4.74 Å². The molecule has 6 nitrogen and oxygen atoms in total. The summed E-state index contributed by atoms with van der Waals surface area (Å²) in [5, 5.41) is 0. The number of carbonyl (C=O) groups excluding carboxylic acids is 3. The summed E-state index contributed by atoms with van der Waals surface area (Å²) in [5.41, 5.74) is -0.640. The number of amides is 1. The summed E-state index contributed by atoms with van der Waals surface area (Å²) in [5.74, 6) is -0.640. The maximum Gasteiger partial charge on any atom is 0.411 e. The van der Waals surface area contributed by atoms with E-state index in [0.717, 1.165) is 0 Å². The summed E-state index contributed by atoms with van der Waals surface area (Å²) in [6.07, 6.45) is -0.357. The highest BCUT2D eigenvalue weighted by atomic mass is 16.6. The van der Waals surface area contributed by atoms with E-state index in [1.54, 1.807) is 20.8 Å². The molecule has 1 saturated heterocycles. The molecule has 6 heteroatoms. The van der Waals surface area contributed by atoms with E-state index in [1.807, 2.05) is 27.7 Å². The molecule has 0 bridgehead atoms. The lowest BCUT2D eigenvalue weighted by Gasteiger charge is -2.34. The lowest BCUT2D eigenvalue weighted by Crippen LogP contribution is -2.52. The number of rotatable bonds is 1. The van der Waals surface area contributed by atoms with Gasteiger partial charge in [0.05, 0.1) is 7.11 Å². The second-order valence-electron chi connectivity index (χ2n) is 5.21. The summed E-state index contributed by atoms with van der Waals surface area (Å²) < 4.78 is 9.81. The Morgan fingerprint density at radius 3 is 2.05 bits per heavy atom. The first-order chi connectivity index (χ1) is 10.2. The number of methoxy groups -OCH3 is 1. The van der Waals surface area contributed by atoms with Crippen LogP contribution in [0.1, 0.15) is 61.3 Å². The van der Waals surface area contributed by atoms with Gasteiger partial charge in [0.1, 0.15) is 17.4 Å². The van der Waals surface area contributed by atoms with E-state index in [9.17, 15) is 14.4 Å². The van der Waals surface area contributed by atoms with Crippen LogP contribution in [0.3, 0.4) is 0 Å². The van der Waals surface area contributed by atoms with Gasteiger partial charge in [0.2, 0.25) is 0 Å². The normalized spacial score (nSPS) is 17.4. The Balaban J connectivity index is 0. The number of ether oxygens (including phenoxy) is 2. The monoisotopic (exact) mass is 317 g/mol. The molecular formula is C16H31NO5. The molecule has 130 valence electrons. The minimum Gasteiger partial charge on any atom is -0.467 e. The molecule has 1 rings (SSSR count). The number of ketones is 1. The third-order valence-electron chi connectivity index (χ3n) is 2.53. The minimum atomic E-state index is -0.869. The van der Waals surface area contributed by atoms with Gasteiger partial charge in [-0.1, -0.05) is 27.7 Å². The molecule has 0 aromatic carbocycles. The van der Waals surface area contributed by atoms with Crippen molar-refractivity contribution in [2.75, 3.05) is 13.7 Å². The third-order valence-corrected chi connectivity index (χ3v) is 2.53. The van der Waals surface area contributed by atoms with Crippen LogP contribution >= 0.6 is 0 Å². The molecule has 0 spiro atoms. The van der Waals surface area contributed by atoms with Crippen molar-refractivity contribution in [2.45, 2.75) is 73.0 Å². The van der Waals surface area contributed by atoms with E-state index in [0.29, 0.717) is 0 Å². The molecule has 0 saturated carbocycles. The van der Waals surface area contributed by atoms with Crippen molar-refractivity contribution in [3.8, 4) is 0 Å². The van der Waals surface area contributed by atoms with Crippen molar-refractivity contribution < 1.29 is 23.9 Å². The van der Waals surface area contributed by atoms with Gasteiger partial charge in [0.15, 0.2) is 0 Å². The fourth-order valence-corrected chi connectivity index (χ4v) is 1.71. The van der Waals surface area contributed by atoms with Crippen LogP contribution in [-0.4, -0.2) is 48.0 Å². The third kappa shape index (κ3) is 8.00. The van der Waals surface area contributed by atoms with Crippen LogP contribution in [0.5, 0.6) is 0 Å². The largest absolute Gasteiger partial charge is 0.467 e. The maximum absolute atomic E-state index is 11.9. The van der Waals surface area contributed by atoms with Gasteiger partial charge in [0, 0.05) is 19.4 Å². The average molecular weight is 317 g/mol. The summed E-state index contributed by atoms with van der Waals surface area (Å²) in [6, 6.07) is -0.869. The molecule has 1 aliphatic rings. The molecule has 1 aliphatic heterocycles. The highest BCUT2D eigenvalue weighted by molar-refractivity contribution is 5.91. The predicted molar refractivity (Wildman–Crippen MR) is 85.7 cm³/mol. The first-order valence-electron chi connectivity index (χ1n) is 7.84. The zero-order valence-corrected chi connectivity index (χ0v) is 15.2. The zero-order chi connectivity index (χ0) is 17.9. The van der Waals surface area contributed by atoms with Gasteiger partial charge in [-0.3, -0.25) is 9.69 Å². The molecule has 1 amide bonds. The minimum absolute atomic E-state index is 0.00802. The van der Waals surface area contributed by atoms with Crippen molar-refractivity contribution >= 4 is 17.8 Å². The van der Waals surface area contributed by atoms with E-state index in [2.05, 4.69) is 4.74 Å². The quantitative estimate of drug-likeness (QED) is 0.694. The number of carbonyl (C=O) groups is 3. The lowest BCUT2D eigenvalue weighted by atomic mass is 10.0. The fourth-order valence-electron chi connectivity index (χ4n) is 1.71. The van der Waals surface area contributed by atoms with Crippen molar-refractivity contribution in [2.24, 2.45) is 0 Å². The van der Waals surface area contributed by atoms with E-state index in [-0.39, 0.29) is 25.2 Å². The van der Waals surface area contributed by atoms with Gasteiger partial charge in [-0.2, -0.15) is 0 Å². The summed E-state index contributed by atoms with van der Waals surface area (Å²) in [6.45, 7) is 13.4. The second-order valence-corrected chi connectivity index (χ2v) is 5.21. The Labute approximate surface area is 134 Å². The Hall–Kier alpha value is -1.59. The maximum atomic E-state index is 11.9. The number of hydrogen-bond donors (Lipinski definition) is 0. The number of piperidine rings is 1. The van der Waals surface area contributed by atoms with E-state index >= 15 is 0 Å². The number of nitrogens with zero attached hydrogens (tertiary/aromatic N) is 1. The van der Waals surface area contributed by atoms with Crippen molar-refractivity contribution in [3.05, 3.63) is 0 Å². The standard InChI is InChI=1S/C12H19NO5.2C2H6/c1-12(2,3)18-11(16)13-6-5-8(14)7-9(13)10(15)17-4;2*1-2/h9H,5-7H2,1-4H3;2*1-2H3. The SMILES string of the molecule is CC.CC.COC(=O)C1CC(=O)CCN1C(=O)OC(C)(C)C. The van der Waals surface area contributed by atoms with Crippen molar-refractivity contribution in [1.82, 2.24) is 4.90 Å². The predicted octanol–water partition coefficient (Wildman–Crippen LogP) is 3.18. The summed E-state index contributed by atoms with van der Waals surface area (Å²) in [4.78, 5) is 36.1. The van der Waals surface area contributed by atoms with Gasteiger partial charge in [-0.05, 0) is 20.8 Å². The Morgan fingerprint density at radius 1 is 1.14 bits per heavy atom. The smallest absolute Gasteiger partial charge is 0.411 e. The zero-order valence-electron chi connectivity index (χ0n) is 15.2. The van der Waals surface area contributed by atoms with Crippen LogP contribution in [0.15, 0.2) is 0 Å². The number of Topliss-reactive ketones (excluding diaryl/α,β-unsaturated/α-hetero) is 1. The van der Waals surface area contributed by atoms with Crippen LogP contribution in [0.2, 0.25) is 0 Å². The van der Waals surface area contributed by atoms with Gasteiger partial charge < -0.3 is 9.47 Å². The number of hydrogen-bond acceptors (Lipinski definition) is 5. The number of likely N-dealkylation sites (tertiary alicyclic amines) is 1. The lowest BCUT2D eigenvalue weighted by molar-refractivity contribution is -0.150. The van der Waals surface area contributed by atoms with Crippen LogP contribution in [0.4, 0.5) is 4.79 Å². The Kier molecular flexibility index (Phi) is 11.4. The first-order valence-corrected chi connectivity index (χ1v) is 7.84. The molecular weight excluding hydrogens is 286 g/mol. The second kappa shape index (κ2) is 11.0. The van der Waals surface area contributed by atoms with Crippen LogP contribution in [0, 0.1) is 0 Å². The molecule has 0 aliphatic carbocycles. The molecule has 1 unspecified atom stereocenters. The van der Waals surface area contributed by atoms with Crippen molar-refractivity contribution in [1.29, 1.82) is 0 Å². The molecule has 22 heavy (non-hydrogen) atoms. The Bertz CT molecular complexity index is 360. The van der Waals surface area contributed by atoms with Gasteiger partial charge in [0.25, 0.3) is 0 Å². The van der Waals surface area contributed by atoms with Crippen LogP contribution < -0.4 is 0 Å². The summed E-state index contributed by atoms with van der Waals surface area (Å²) >= 11 is 0. The van der Waals surface area contributed by atoms with Gasteiger partial charge in [-0.15, -0.1) is 0 Å². The van der Waals surface area contributed by atoms with E-state index < -0.39 is 23.7 Å². The van der Waals surface area contributed by atoms with Crippen LogP contribution in [-0.2, 0) is 19.1 Å². The molecule has 0 radical (unpaired) electrons. The fraction of sp³-hybridized carbons (Fsp3) is 0.812. The van der Waals surface area contributed by atoms with Crippen molar-refractivity contribution in [3.63, 3.8) is 0 Å². The molecule has 1 atom stereocenters. The van der Waals surface area contributed by atoms with E-state index in [1.165, 1.54) is 12.0 Å². The molecule has 1 fully saturated rings. The Morgan fingerprint density at radius 2 is 1.64 bits per heavy atom. The molecule has 1 heterocycles. The highest BCUT2D eigenvalue weighted by Crippen LogP contribution is 2.19. The average Bonchev–Trinajstić information content (AvgIpc) is 2.48. The topological polar surface area (TPSA) is 72.9 Å². The molecule has 0 aromatic heterocycles. The van der Waals surface area contributed by atoms with Gasteiger partial charge >= 0.3 is 12.1 Å². The van der Waals surface area contributed by atoms with Gasteiger partial charge in [-0.25, -0.2) is 9.59 Å². The number of esters is 1. The molecule has 0 aromatic rings. The highest BCUT2D eigenvalue weighted by Gasteiger charge is 2.38. The first kappa shape index (κ1) is 22.7. The molecule has 0 N–H and O–H groups in total. The summed E-state index contributed by atoms with van der Waals surface area (Å²) in [7, 11) is 1.23. The van der Waals surface area contributed by atoms with Crippen LogP contribution in [0.25, 0.3) is 0 Å².